The lowest BCUT2D eigenvalue weighted by molar-refractivity contribution is -0.132. The van der Waals surface area contributed by atoms with Gasteiger partial charge >= 0.3 is 0 Å². The Bertz CT molecular complexity index is 1360. The first-order chi connectivity index (χ1) is 28.7. The average Bonchev–Trinajstić information content (AvgIpc) is 3.89. The molecule has 1 aromatic heterocycles. The zero-order valence-electron chi connectivity index (χ0n) is 40.8. The van der Waals surface area contributed by atoms with Crippen molar-refractivity contribution >= 4 is 54.8 Å². The highest BCUT2D eigenvalue weighted by atomic mass is 35.5. The number of amides is 3. The van der Waals surface area contributed by atoms with E-state index in [0.29, 0.717) is 37.1 Å². The third-order valence-corrected chi connectivity index (χ3v) is 8.32. The first-order valence-corrected chi connectivity index (χ1v) is 22.6. The summed E-state index contributed by atoms with van der Waals surface area (Å²) in [6.07, 6.45) is 20.4. The lowest BCUT2D eigenvalue weighted by Gasteiger charge is -2.24. The van der Waals surface area contributed by atoms with Crippen LogP contribution in [0.2, 0.25) is 5.02 Å². The molecule has 1 unspecified atom stereocenters. The molecule has 354 valence electrons. The Kier molecular flexibility index (Phi) is 50.1. The second kappa shape index (κ2) is 46.0. The van der Waals surface area contributed by atoms with Gasteiger partial charge < -0.3 is 40.5 Å². The van der Waals surface area contributed by atoms with Crippen molar-refractivity contribution in [3.8, 4) is 11.1 Å². The molecule has 1 fully saturated rings. The van der Waals surface area contributed by atoms with Crippen LogP contribution in [-0.2, 0) is 28.7 Å². The summed E-state index contributed by atoms with van der Waals surface area (Å²) in [7, 11) is 9.36. The maximum Gasteiger partial charge on any atom is 0.222 e. The second-order valence-electron chi connectivity index (χ2n) is 15.4. The van der Waals surface area contributed by atoms with Crippen molar-refractivity contribution in [3.05, 3.63) is 53.3 Å². The summed E-state index contributed by atoms with van der Waals surface area (Å²) >= 11 is 7.48. The lowest BCUT2D eigenvalue weighted by atomic mass is 10.0. The maximum absolute atomic E-state index is 11.9. The zero-order chi connectivity index (χ0) is 48.2. The van der Waals surface area contributed by atoms with E-state index in [1.165, 1.54) is 30.4 Å². The third-order valence-electron chi connectivity index (χ3n) is 7.51. The van der Waals surface area contributed by atoms with E-state index in [4.69, 9.17) is 21.1 Å². The Labute approximate surface area is 380 Å². The van der Waals surface area contributed by atoms with Crippen molar-refractivity contribution in [3.63, 3.8) is 0 Å². The van der Waals surface area contributed by atoms with Gasteiger partial charge in [-0.15, -0.1) is 0 Å². The molecule has 13 nitrogen and oxygen atoms in total. The summed E-state index contributed by atoms with van der Waals surface area (Å²) in [5, 5.41) is 10.3. The van der Waals surface area contributed by atoms with Crippen LogP contribution in [0.15, 0.2) is 42.7 Å². The predicted molar refractivity (Wildman–Crippen MR) is 261 cm³/mol. The number of nitrogens with zero attached hydrogens (tertiary/aromatic N) is 4. The van der Waals surface area contributed by atoms with Gasteiger partial charge in [-0.3, -0.25) is 14.4 Å². The number of benzene rings is 1. The van der Waals surface area contributed by atoms with E-state index in [1.54, 1.807) is 19.1 Å². The number of aryl methyl sites for hydroxylation is 1. The number of aromatic nitrogens is 2. The molecule has 61 heavy (non-hydrogen) atoms. The molecule has 1 aromatic carbocycles. The van der Waals surface area contributed by atoms with Gasteiger partial charge in [0, 0.05) is 49.7 Å². The van der Waals surface area contributed by atoms with Crippen LogP contribution in [0.1, 0.15) is 113 Å². The largest absolute Gasteiger partial charge is 0.379 e. The van der Waals surface area contributed by atoms with Gasteiger partial charge in [-0.05, 0) is 148 Å². The number of hydrogen-bond donors (Lipinski definition) is 3. The second-order valence-corrected chi connectivity index (χ2v) is 16.6. The predicted octanol–water partition coefficient (Wildman–Crippen LogP) is 8.51. The Balaban J connectivity index is -0.000000220. The number of nitrogens with one attached hydrogen (secondary N) is 2. The molecule has 15 heteroatoms. The molecule has 0 aliphatic heterocycles. The van der Waals surface area contributed by atoms with Crippen molar-refractivity contribution in [1.82, 2.24) is 29.6 Å². The highest BCUT2D eigenvalue weighted by Crippen LogP contribution is 2.33. The summed E-state index contributed by atoms with van der Waals surface area (Å²) in [5.41, 5.74) is 7.68. The summed E-state index contributed by atoms with van der Waals surface area (Å²) in [6, 6.07) is 6.25. The molecule has 1 aliphatic rings. The SMILES string of the molecule is CC.CC(C)C.CN(C)CC=O.CNCCC/C=C/CCC(C)N(C)C(=O)CC1CC1.COC(C)(C)C.CSn1cc(-c2ccc(Cl)cc2C)cn1.NC=O.O=CCNC=O. The summed E-state index contributed by atoms with van der Waals surface area (Å²) in [6.45, 7) is 22.5. The van der Waals surface area contributed by atoms with Gasteiger partial charge in [-0.2, -0.15) is 5.10 Å². The fourth-order valence-electron chi connectivity index (χ4n) is 3.86. The van der Waals surface area contributed by atoms with Gasteiger partial charge in [0.25, 0.3) is 0 Å². The van der Waals surface area contributed by atoms with Gasteiger partial charge in [-0.1, -0.05) is 64.4 Å². The van der Waals surface area contributed by atoms with Crippen LogP contribution >= 0.6 is 23.5 Å². The van der Waals surface area contributed by atoms with E-state index in [0.717, 1.165) is 55.0 Å². The molecule has 2 aromatic rings. The van der Waals surface area contributed by atoms with Crippen LogP contribution in [0.4, 0.5) is 0 Å². The van der Waals surface area contributed by atoms with E-state index < -0.39 is 0 Å². The third kappa shape index (κ3) is 50.7. The molecule has 0 saturated heterocycles. The molecule has 3 amide bonds. The number of allylic oxidation sites excluding steroid dienone is 2. The Morgan fingerprint density at radius 2 is 1.59 bits per heavy atom. The topological polar surface area (TPSA) is 169 Å². The van der Waals surface area contributed by atoms with E-state index in [9.17, 15) is 19.2 Å². The number of methoxy groups -OCH3 is 1. The van der Waals surface area contributed by atoms with Crippen LogP contribution in [0.25, 0.3) is 11.1 Å². The standard InChI is InChI=1S/C16H30N2O.C11H11ClN2S.C5H12O.C4H9NO.C4H10.C3H5NO2.C2H6.CH3NO/c1-14(9-7-5-4-6-8-12-17-2)18(3)16(19)13-15-10-11-15;1-8-5-10(12)3-4-11(8)9-6-13-14(7-9)15-2;1-5(2,3)6-4;1-5(2)3-4-6;1-4(2)3;5-2-1-4-3-6;1-2;2-1-3/h4-5,14-15,17H,6-13H2,1-3H3;3-7H,1-2H3;1-4H3;4H,3H2,1-2H3;4H,1-3H3;2-3H,1H2,(H,4,6);1-2H3;1H,(H2,2,3)/b5-4+;;;;;;;. The summed E-state index contributed by atoms with van der Waals surface area (Å²) in [4.78, 5) is 52.5. The number of carbonyl (C=O) groups excluding carboxylic acids is 5. The van der Waals surface area contributed by atoms with Crippen LogP contribution < -0.4 is 16.4 Å². The molecule has 1 aliphatic carbocycles. The number of halogens is 1. The fraction of sp³-hybridized carbons (Fsp3) is 0.652. The number of unbranched alkanes of at least 4 members (excludes halogenated alkanes) is 1. The molecule has 4 N–H and O–H groups in total. The lowest BCUT2D eigenvalue weighted by Crippen LogP contribution is -2.35. The monoisotopic (exact) mass is 900 g/mol. The molecule has 1 saturated carbocycles. The summed E-state index contributed by atoms with van der Waals surface area (Å²) in [5.74, 6) is 1.85. The molecule has 0 bridgehead atoms. The van der Waals surface area contributed by atoms with Gasteiger partial charge in [0.2, 0.25) is 18.7 Å². The van der Waals surface area contributed by atoms with Crippen molar-refractivity contribution in [1.29, 1.82) is 0 Å². The molecular formula is C46H86ClN7O6S. The highest BCUT2D eigenvalue weighted by molar-refractivity contribution is 7.97. The van der Waals surface area contributed by atoms with Crippen molar-refractivity contribution in [2.75, 3.05) is 61.2 Å². The van der Waals surface area contributed by atoms with Crippen LogP contribution in [-0.4, -0.2) is 123 Å². The smallest absolute Gasteiger partial charge is 0.222 e. The van der Waals surface area contributed by atoms with Crippen molar-refractivity contribution in [2.24, 2.45) is 17.6 Å². The van der Waals surface area contributed by atoms with Crippen molar-refractivity contribution in [2.45, 2.75) is 126 Å². The van der Waals surface area contributed by atoms with Crippen molar-refractivity contribution < 1.29 is 28.7 Å². The highest BCUT2D eigenvalue weighted by Gasteiger charge is 2.27. The van der Waals surface area contributed by atoms with E-state index in [-0.39, 0.29) is 18.6 Å². The number of nitrogens with two attached hydrogens (primary N) is 1. The molecule has 3 rings (SSSR count). The first kappa shape index (κ1) is 66.5. The van der Waals surface area contributed by atoms with Gasteiger partial charge in [0.15, 0.2) is 0 Å². The molecule has 1 atom stereocenters. The molecule has 1 heterocycles. The zero-order valence-corrected chi connectivity index (χ0v) is 42.3. The van der Waals surface area contributed by atoms with E-state index in [1.807, 2.05) is 114 Å². The Hall–Kier alpha value is -3.56. The summed E-state index contributed by atoms with van der Waals surface area (Å²) < 4.78 is 6.77. The minimum Gasteiger partial charge on any atom is -0.379 e. The number of carbonyl (C=O) groups is 5. The van der Waals surface area contributed by atoms with E-state index in [2.05, 4.69) is 68.2 Å². The Morgan fingerprint density at radius 3 is 1.95 bits per heavy atom. The van der Waals surface area contributed by atoms with Gasteiger partial charge in [-0.25, -0.2) is 4.09 Å². The minimum atomic E-state index is 0.0417. The van der Waals surface area contributed by atoms with Gasteiger partial charge in [0.05, 0.1) is 24.9 Å². The minimum absolute atomic E-state index is 0.0417. The van der Waals surface area contributed by atoms with E-state index >= 15 is 0 Å². The molecular weight excluding hydrogens is 814 g/mol. The number of rotatable bonds is 17. The van der Waals surface area contributed by atoms with Gasteiger partial charge in [0.1, 0.15) is 12.6 Å². The molecule has 0 radical (unpaired) electrons. The number of aldehydes is 2. The van der Waals surface area contributed by atoms with Crippen LogP contribution in [0.5, 0.6) is 0 Å². The average molecular weight is 901 g/mol. The number of primary amides is 1. The Morgan fingerprint density at radius 1 is 1.05 bits per heavy atom. The fourth-order valence-corrected chi connectivity index (χ4v) is 4.45. The number of likely N-dealkylation sites (N-methyl/N-ethyl adjacent to an activating group) is 1. The molecule has 0 spiro atoms. The van der Waals surface area contributed by atoms with Crippen LogP contribution in [0.3, 0.4) is 0 Å². The maximum atomic E-state index is 11.9. The van der Waals surface area contributed by atoms with Crippen LogP contribution in [0, 0.1) is 18.8 Å². The normalized spacial score (nSPS) is 11.5. The number of ether oxygens (including phenoxy) is 1. The number of hydrogen-bond acceptors (Lipinski definition) is 10. The first-order valence-electron chi connectivity index (χ1n) is 21.1. The quantitative estimate of drug-likeness (QED) is 0.0795.